The summed E-state index contributed by atoms with van der Waals surface area (Å²) in [4.78, 5) is 18.4. The maximum absolute atomic E-state index is 12.2. The zero-order chi connectivity index (χ0) is 18.3. The fourth-order valence-corrected chi connectivity index (χ4v) is 3.53. The molecule has 1 aromatic heterocycles. The number of anilines is 1. The molecule has 0 spiro atoms. The average Bonchev–Trinajstić information content (AvgIpc) is 3.43. The molecule has 8 nitrogen and oxygen atoms in total. The van der Waals surface area contributed by atoms with Crippen LogP contribution < -0.4 is 15.2 Å². The standard InChI is InChI=1S/C17H19N5O3S/c18-26(24,25)20-9-11-2-1-3-12(8-11)14-6-7-19-16-15(14)10-22(13-4-5-13)17(23)21-16/h1-3,6-8,13,20H,4-5,9-10H2,(H2,18,24,25)(H,19,21,23). The van der Waals surface area contributed by atoms with Crippen LogP contribution in [0.3, 0.4) is 0 Å². The molecule has 0 bridgehead atoms. The topological polar surface area (TPSA) is 117 Å². The lowest BCUT2D eigenvalue weighted by molar-refractivity contribution is 0.203. The number of benzene rings is 1. The minimum absolute atomic E-state index is 0.101. The normalized spacial score (nSPS) is 17.0. The lowest BCUT2D eigenvalue weighted by atomic mass is 9.98. The first-order chi connectivity index (χ1) is 12.4. The third-order valence-electron chi connectivity index (χ3n) is 4.57. The molecule has 1 saturated carbocycles. The maximum Gasteiger partial charge on any atom is 0.323 e. The number of amides is 2. The predicted octanol–water partition coefficient (Wildman–Crippen LogP) is 1.55. The van der Waals surface area contributed by atoms with Gasteiger partial charge in [-0.1, -0.05) is 18.2 Å². The molecule has 1 aliphatic heterocycles. The Hall–Kier alpha value is -2.49. The summed E-state index contributed by atoms with van der Waals surface area (Å²) in [6, 6.07) is 9.67. The highest BCUT2D eigenvalue weighted by atomic mass is 32.2. The largest absolute Gasteiger partial charge is 0.323 e. The molecule has 1 fully saturated rings. The molecule has 1 aromatic carbocycles. The zero-order valence-corrected chi connectivity index (χ0v) is 14.8. The van der Waals surface area contributed by atoms with Gasteiger partial charge in [0.15, 0.2) is 0 Å². The Kier molecular flexibility index (Phi) is 4.14. The molecule has 2 aromatic rings. The minimum atomic E-state index is -3.74. The van der Waals surface area contributed by atoms with Gasteiger partial charge in [-0.05, 0) is 41.7 Å². The van der Waals surface area contributed by atoms with E-state index in [1.807, 2.05) is 35.2 Å². The molecule has 0 saturated heterocycles. The molecule has 9 heteroatoms. The predicted molar refractivity (Wildman–Crippen MR) is 97.2 cm³/mol. The van der Waals surface area contributed by atoms with Crippen molar-refractivity contribution in [3.63, 3.8) is 0 Å². The molecule has 2 heterocycles. The van der Waals surface area contributed by atoms with Crippen LogP contribution in [-0.4, -0.2) is 30.4 Å². The molecule has 2 amide bonds. The summed E-state index contributed by atoms with van der Waals surface area (Å²) in [6.07, 6.45) is 3.73. The smallest absolute Gasteiger partial charge is 0.317 e. The third-order valence-corrected chi connectivity index (χ3v) is 5.12. The van der Waals surface area contributed by atoms with E-state index in [1.54, 1.807) is 6.20 Å². The monoisotopic (exact) mass is 373 g/mol. The number of pyridine rings is 1. The summed E-state index contributed by atoms with van der Waals surface area (Å²) in [5.41, 5.74) is 3.67. The van der Waals surface area contributed by atoms with E-state index in [-0.39, 0.29) is 12.6 Å². The van der Waals surface area contributed by atoms with Crippen LogP contribution in [0, 0.1) is 0 Å². The molecular weight excluding hydrogens is 354 g/mol. The number of aromatic nitrogens is 1. The molecule has 136 valence electrons. The van der Waals surface area contributed by atoms with Crippen molar-refractivity contribution in [2.45, 2.75) is 32.0 Å². The summed E-state index contributed by atoms with van der Waals surface area (Å²) in [7, 11) is -3.74. The number of rotatable bonds is 5. The van der Waals surface area contributed by atoms with Crippen molar-refractivity contribution in [1.29, 1.82) is 0 Å². The number of carbonyl (C=O) groups is 1. The van der Waals surface area contributed by atoms with Gasteiger partial charge in [-0.15, -0.1) is 0 Å². The lowest BCUT2D eigenvalue weighted by Gasteiger charge is -2.30. The first kappa shape index (κ1) is 17.0. The van der Waals surface area contributed by atoms with E-state index in [2.05, 4.69) is 15.0 Å². The van der Waals surface area contributed by atoms with E-state index in [0.29, 0.717) is 18.4 Å². The van der Waals surface area contributed by atoms with E-state index >= 15 is 0 Å². The van der Waals surface area contributed by atoms with Gasteiger partial charge in [0.2, 0.25) is 0 Å². The molecule has 0 atom stereocenters. The van der Waals surface area contributed by atoms with E-state index in [1.165, 1.54) is 0 Å². The molecule has 0 radical (unpaired) electrons. The van der Waals surface area contributed by atoms with Crippen LogP contribution in [0.4, 0.5) is 10.6 Å². The number of urea groups is 1. The van der Waals surface area contributed by atoms with Crippen molar-refractivity contribution < 1.29 is 13.2 Å². The molecular formula is C17H19N5O3S. The number of nitrogens with zero attached hydrogens (tertiary/aromatic N) is 2. The van der Waals surface area contributed by atoms with Gasteiger partial charge < -0.3 is 4.90 Å². The Morgan fingerprint density at radius 2 is 2.12 bits per heavy atom. The van der Waals surface area contributed by atoms with E-state index in [4.69, 9.17) is 5.14 Å². The van der Waals surface area contributed by atoms with E-state index in [9.17, 15) is 13.2 Å². The first-order valence-electron chi connectivity index (χ1n) is 8.33. The second-order valence-corrected chi connectivity index (χ2v) is 7.92. The second kappa shape index (κ2) is 6.35. The number of hydrogen-bond donors (Lipinski definition) is 3. The van der Waals surface area contributed by atoms with Gasteiger partial charge in [-0.3, -0.25) is 5.32 Å². The number of carbonyl (C=O) groups excluding carboxylic acids is 1. The average molecular weight is 373 g/mol. The number of nitrogens with two attached hydrogens (primary N) is 1. The van der Waals surface area contributed by atoms with E-state index < -0.39 is 10.2 Å². The quantitative estimate of drug-likeness (QED) is 0.737. The van der Waals surface area contributed by atoms with Crippen molar-refractivity contribution in [3.05, 3.63) is 47.7 Å². The molecule has 26 heavy (non-hydrogen) atoms. The van der Waals surface area contributed by atoms with Gasteiger partial charge in [-0.2, -0.15) is 13.1 Å². The third kappa shape index (κ3) is 3.55. The summed E-state index contributed by atoms with van der Waals surface area (Å²) >= 11 is 0. The van der Waals surface area contributed by atoms with Crippen LogP contribution in [0.1, 0.15) is 24.0 Å². The van der Waals surface area contributed by atoms with Crippen LogP contribution >= 0.6 is 0 Å². The number of fused-ring (bicyclic) bond motifs is 1. The van der Waals surface area contributed by atoms with Gasteiger partial charge in [0, 0.05) is 24.3 Å². The molecule has 1 aliphatic carbocycles. The molecule has 0 unspecified atom stereocenters. The SMILES string of the molecule is NS(=O)(=O)NCc1cccc(-c2ccnc3c2CN(C2CC2)C(=O)N3)c1. The first-order valence-corrected chi connectivity index (χ1v) is 9.87. The Bertz CT molecular complexity index is 972. The molecule has 4 N–H and O–H groups in total. The number of hydrogen-bond acceptors (Lipinski definition) is 4. The Labute approximate surface area is 151 Å². The second-order valence-electron chi connectivity index (χ2n) is 6.54. The van der Waals surface area contributed by atoms with Crippen LogP contribution in [0.15, 0.2) is 36.5 Å². The lowest BCUT2D eigenvalue weighted by Crippen LogP contribution is -2.40. The van der Waals surface area contributed by atoms with Gasteiger partial charge in [0.1, 0.15) is 5.82 Å². The van der Waals surface area contributed by atoms with Gasteiger partial charge in [-0.25, -0.2) is 14.9 Å². The van der Waals surface area contributed by atoms with Gasteiger partial charge in [0.05, 0.1) is 6.54 Å². The maximum atomic E-state index is 12.2. The summed E-state index contributed by atoms with van der Waals surface area (Å²) in [5.74, 6) is 0.581. The highest BCUT2D eigenvalue weighted by molar-refractivity contribution is 7.87. The number of nitrogens with one attached hydrogen (secondary N) is 2. The highest BCUT2D eigenvalue weighted by Crippen LogP contribution is 2.36. The summed E-state index contributed by atoms with van der Waals surface area (Å²) < 4.78 is 24.5. The zero-order valence-electron chi connectivity index (χ0n) is 14.0. The van der Waals surface area contributed by atoms with E-state index in [0.717, 1.165) is 35.1 Å². The Morgan fingerprint density at radius 1 is 1.31 bits per heavy atom. The summed E-state index contributed by atoms with van der Waals surface area (Å²) in [6.45, 7) is 0.638. The fourth-order valence-electron chi connectivity index (χ4n) is 3.16. The van der Waals surface area contributed by atoms with Crippen LogP contribution in [0.2, 0.25) is 0 Å². The Morgan fingerprint density at radius 3 is 2.85 bits per heavy atom. The van der Waals surface area contributed by atoms with Crippen molar-refractivity contribution in [2.24, 2.45) is 5.14 Å². The highest BCUT2D eigenvalue weighted by Gasteiger charge is 2.36. The fraction of sp³-hybridized carbons (Fsp3) is 0.294. The molecule has 2 aliphatic rings. The van der Waals surface area contributed by atoms with Crippen LogP contribution in [-0.2, 0) is 23.3 Å². The van der Waals surface area contributed by atoms with Crippen molar-refractivity contribution in [2.75, 3.05) is 5.32 Å². The van der Waals surface area contributed by atoms with Gasteiger partial charge in [0.25, 0.3) is 10.2 Å². The Balaban J connectivity index is 1.67. The molecule has 4 rings (SSSR count). The van der Waals surface area contributed by atoms with Crippen LogP contribution in [0.5, 0.6) is 0 Å². The van der Waals surface area contributed by atoms with Crippen molar-refractivity contribution >= 4 is 22.1 Å². The summed E-state index contributed by atoms with van der Waals surface area (Å²) in [5, 5.41) is 7.86. The minimum Gasteiger partial charge on any atom is -0.317 e. The van der Waals surface area contributed by atoms with Crippen molar-refractivity contribution in [1.82, 2.24) is 14.6 Å². The van der Waals surface area contributed by atoms with Gasteiger partial charge >= 0.3 is 6.03 Å². The van der Waals surface area contributed by atoms with Crippen molar-refractivity contribution in [3.8, 4) is 11.1 Å². The van der Waals surface area contributed by atoms with Crippen LogP contribution in [0.25, 0.3) is 11.1 Å².